The van der Waals surface area contributed by atoms with E-state index < -0.39 is 0 Å². The molecule has 1 saturated heterocycles. The minimum absolute atomic E-state index is 0.0668. The summed E-state index contributed by atoms with van der Waals surface area (Å²) in [5.74, 6) is 0.158. The quantitative estimate of drug-likeness (QED) is 0.817. The third kappa shape index (κ3) is 5.18. The van der Waals surface area contributed by atoms with Gasteiger partial charge in [-0.1, -0.05) is 19.1 Å². The molecule has 27 heavy (non-hydrogen) atoms. The Kier molecular flexibility index (Phi) is 6.63. The number of piperidine rings is 1. The van der Waals surface area contributed by atoms with Gasteiger partial charge < -0.3 is 10.2 Å². The van der Waals surface area contributed by atoms with Gasteiger partial charge in [0.25, 0.3) is 0 Å². The minimum Gasteiger partial charge on any atom is -0.355 e. The monoisotopic (exact) mass is 368 g/mol. The highest BCUT2D eigenvalue weighted by molar-refractivity contribution is 5.81. The summed E-state index contributed by atoms with van der Waals surface area (Å²) in [6.45, 7) is 3.96. The average Bonchev–Trinajstić information content (AvgIpc) is 3.23. The van der Waals surface area contributed by atoms with Crippen molar-refractivity contribution < 1.29 is 9.59 Å². The average molecular weight is 368 g/mol. The van der Waals surface area contributed by atoms with E-state index in [1.54, 1.807) is 6.20 Å². The van der Waals surface area contributed by atoms with Crippen LogP contribution >= 0.6 is 0 Å². The van der Waals surface area contributed by atoms with Gasteiger partial charge in [0.1, 0.15) is 0 Å². The van der Waals surface area contributed by atoms with Gasteiger partial charge in [0.15, 0.2) is 0 Å². The smallest absolute Gasteiger partial charge is 0.224 e. The van der Waals surface area contributed by atoms with Gasteiger partial charge >= 0.3 is 0 Å². The first-order valence-electron chi connectivity index (χ1n) is 9.82. The molecule has 2 amide bonds. The van der Waals surface area contributed by atoms with E-state index >= 15 is 0 Å². The molecule has 0 spiro atoms. The Morgan fingerprint density at radius 1 is 1.26 bits per heavy atom. The van der Waals surface area contributed by atoms with Crippen molar-refractivity contribution in [2.75, 3.05) is 19.6 Å². The Balaban J connectivity index is 1.44. The molecule has 0 aliphatic carbocycles. The zero-order valence-corrected chi connectivity index (χ0v) is 15.9. The van der Waals surface area contributed by atoms with Crippen LogP contribution < -0.4 is 5.32 Å². The summed E-state index contributed by atoms with van der Waals surface area (Å²) >= 11 is 0. The summed E-state index contributed by atoms with van der Waals surface area (Å²) in [6.07, 6.45) is 7.65. The Labute approximate surface area is 160 Å². The Morgan fingerprint density at radius 2 is 2.07 bits per heavy atom. The first-order valence-corrected chi connectivity index (χ1v) is 9.82. The van der Waals surface area contributed by atoms with Gasteiger partial charge in [0.05, 0.1) is 11.6 Å². The molecule has 1 aromatic carbocycles. The number of nitrogens with one attached hydrogen (secondary N) is 1. The molecule has 0 unspecified atom stereocenters. The van der Waals surface area contributed by atoms with E-state index in [4.69, 9.17) is 0 Å². The predicted molar refractivity (Wildman–Crippen MR) is 104 cm³/mol. The number of carbonyl (C=O) groups is 2. The SMILES string of the molecule is CCCC(=O)N1CCC[C@H](C(=O)NCCc2ccc(-n3cccn3)cc2)C1. The van der Waals surface area contributed by atoms with Crippen LogP contribution in [0.1, 0.15) is 38.2 Å². The number of hydrogen-bond acceptors (Lipinski definition) is 3. The number of benzene rings is 1. The van der Waals surface area contributed by atoms with Gasteiger partial charge in [-0.3, -0.25) is 9.59 Å². The van der Waals surface area contributed by atoms with E-state index in [1.807, 2.05) is 40.9 Å². The molecule has 1 aliphatic heterocycles. The van der Waals surface area contributed by atoms with Gasteiger partial charge in [-0.15, -0.1) is 0 Å². The maximum atomic E-state index is 12.5. The Bertz CT molecular complexity index is 740. The third-order valence-electron chi connectivity index (χ3n) is 5.03. The Morgan fingerprint density at radius 3 is 2.78 bits per heavy atom. The third-order valence-corrected chi connectivity index (χ3v) is 5.03. The lowest BCUT2D eigenvalue weighted by Gasteiger charge is -2.32. The van der Waals surface area contributed by atoms with Crippen LogP contribution in [0.5, 0.6) is 0 Å². The summed E-state index contributed by atoms with van der Waals surface area (Å²) in [6, 6.07) is 10.1. The summed E-state index contributed by atoms with van der Waals surface area (Å²) in [4.78, 5) is 26.4. The van der Waals surface area contributed by atoms with E-state index in [2.05, 4.69) is 22.5 Å². The first kappa shape index (κ1) is 19.1. The summed E-state index contributed by atoms with van der Waals surface area (Å²) < 4.78 is 1.82. The van der Waals surface area contributed by atoms with Gasteiger partial charge in [0.2, 0.25) is 11.8 Å². The molecule has 1 aromatic heterocycles. The molecule has 0 bridgehead atoms. The van der Waals surface area contributed by atoms with Crippen LogP contribution in [0, 0.1) is 5.92 Å². The predicted octanol–water partition coefficient (Wildman–Crippen LogP) is 2.57. The minimum atomic E-state index is -0.0817. The van der Waals surface area contributed by atoms with Crippen LogP contribution in [0.3, 0.4) is 0 Å². The van der Waals surface area contributed by atoms with Crippen molar-refractivity contribution in [1.82, 2.24) is 20.0 Å². The van der Waals surface area contributed by atoms with Gasteiger partial charge in [0, 0.05) is 38.4 Å². The van der Waals surface area contributed by atoms with Crippen molar-refractivity contribution in [2.24, 2.45) is 5.92 Å². The molecule has 1 aliphatic rings. The fourth-order valence-corrected chi connectivity index (χ4v) is 3.50. The highest BCUT2D eigenvalue weighted by Crippen LogP contribution is 2.18. The van der Waals surface area contributed by atoms with Crippen LogP contribution in [0.2, 0.25) is 0 Å². The first-order chi connectivity index (χ1) is 13.2. The zero-order chi connectivity index (χ0) is 19.1. The molecule has 6 heteroatoms. The number of carbonyl (C=O) groups excluding carboxylic acids is 2. The van der Waals surface area contributed by atoms with Crippen LogP contribution in [0.25, 0.3) is 5.69 Å². The second-order valence-electron chi connectivity index (χ2n) is 7.09. The molecule has 1 fully saturated rings. The fraction of sp³-hybridized carbons (Fsp3) is 0.476. The van der Waals surface area contributed by atoms with Crippen molar-refractivity contribution >= 4 is 11.8 Å². The topological polar surface area (TPSA) is 67.2 Å². The molecule has 144 valence electrons. The number of hydrogen-bond donors (Lipinski definition) is 1. The van der Waals surface area contributed by atoms with E-state index in [1.165, 1.54) is 5.56 Å². The summed E-state index contributed by atoms with van der Waals surface area (Å²) in [5, 5.41) is 7.26. The lowest BCUT2D eigenvalue weighted by atomic mass is 9.96. The van der Waals surface area contributed by atoms with E-state index in [0.29, 0.717) is 19.5 Å². The van der Waals surface area contributed by atoms with Crippen LogP contribution in [-0.2, 0) is 16.0 Å². The van der Waals surface area contributed by atoms with Gasteiger partial charge in [-0.2, -0.15) is 5.10 Å². The van der Waals surface area contributed by atoms with Crippen molar-refractivity contribution in [3.05, 3.63) is 48.3 Å². The number of amides is 2. The molecular formula is C21H28N4O2. The van der Waals surface area contributed by atoms with Crippen molar-refractivity contribution in [3.63, 3.8) is 0 Å². The fourth-order valence-electron chi connectivity index (χ4n) is 3.50. The highest BCUT2D eigenvalue weighted by Gasteiger charge is 2.27. The largest absolute Gasteiger partial charge is 0.355 e. The standard InChI is InChI=1S/C21H28N4O2/c1-2-5-20(26)24-14-3-6-18(16-24)21(27)22-13-11-17-7-9-19(10-8-17)25-15-4-12-23-25/h4,7-10,12,15,18H,2-3,5-6,11,13-14,16H2,1H3,(H,22,27)/t18-/m0/s1. The molecule has 1 N–H and O–H groups in total. The van der Waals surface area contributed by atoms with Crippen LogP contribution in [0.4, 0.5) is 0 Å². The summed E-state index contributed by atoms with van der Waals surface area (Å²) in [5.41, 5.74) is 2.20. The second-order valence-corrected chi connectivity index (χ2v) is 7.09. The van der Waals surface area contributed by atoms with Gasteiger partial charge in [-0.05, 0) is 49.4 Å². The zero-order valence-electron chi connectivity index (χ0n) is 15.9. The molecule has 3 rings (SSSR count). The highest BCUT2D eigenvalue weighted by atomic mass is 16.2. The molecule has 1 atom stereocenters. The molecular weight excluding hydrogens is 340 g/mol. The Hall–Kier alpha value is -2.63. The van der Waals surface area contributed by atoms with Crippen molar-refractivity contribution in [2.45, 2.75) is 39.0 Å². The number of nitrogens with zero attached hydrogens (tertiary/aromatic N) is 3. The van der Waals surface area contributed by atoms with E-state index in [-0.39, 0.29) is 17.7 Å². The normalized spacial score (nSPS) is 16.9. The molecule has 2 heterocycles. The lowest BCUT2D eigenvalue weighted by Crippen LogP contribution is -2.45. The van der Waals surface area contributed by atoms with E-state index in [9.17, 15) is 9.59 Å². The lowest BCUT2D eigenvalue weighted by molar-refractivity contribution is -0.135. The van der Waals surface area contributed by atoms with Crippen molar-refractivity contribution in [3.8, 4) is 5.69 Å². The number of rotatable bonds is 7. The van der Waals surface area contributed by atoms with Crippen molar-refractivity contribution in [1.29, 1.82) is 0 Å². The molecule has 6 nitrogen and oxygen atoms in total. The second kappa shape index (κ2) is 9.35. The van der Waals surface area contributed by atoms with Gasteiger partial charge in [-0.25, -0.2) is 4.68 Å². The molecule has 2 aromatic rings. The van der Waals surface area contributed by atoms with Crippen LogP contribution in [0.15, 0.2) is 42.7 Å². The van der Waals surface area contributed by atoms with E-state index in [0.717, 1.165) is 37.9 Å². The number of likely N-dealkylation sites (tertiary alicyclic amines) is 1. The van der Waals surface area contributed by atoms with Crippen LogP contribution in [-0.4, -0.2) is 46.1 Å². The molecule has 0 radical (unpaired) electrons. The summed E-state index contributed by atoms with van der Waals surface area (Å²) in [7, 11) is 0. The maximum Gasteiger partial charge on any atom is 0.224 e. The molecule has 0 saturated carbocycles. The number of aromatic nitrogens is 2. The maximum absolute atomic E-state index is 12.5.